The predicted molar refractivity (Wildman–Crippen MR) is 130 cm³/mol. The summed E-state index contributed by atoms with van der Waals surface area (Å²) in [6.45, 7) is 1.89. The second-order valence-corrected chi connectivity index (χ2v) is 9.37. The van der Waals surface area contributed by atoms with Crippen LogP contribution in [0.4, 0.5) is 10.1 Å². The average molecular weight is 474 g/mol. The zero-order chi connectivity index (χ0) is 22.5. The van der Waals surface area contributed by atoms with Gasteiger partial charge in [0.1, 0.15) is 10.7 Å². The van der Waals surface area contributed by atoms with E-state index in [4.69, 9.17) is 0 Å². The van der Waals surface area contributed by atoms with Crippen molar-refractivity contribution < 1.29 is 9.18 Å². The van der Waals surface area contributed by atoms with Gasteiger partial charge in [-0.15, -0.1) is 11.3 Å². The van der Waals surface area contributed by atoms with Gasteiger partial charge in [0.15, 0.2) is 9.92 Å². The number of rotatable bonds is 4. The number of benzene rings is 2. The van der Waals surface area contributed by atoms with Crippen molar-refractivity contribution >= 4 is 44.2 Å². The molecule has 0 spiro atoms. The number of carbonyl (C=O) groups excluding carboxylic acids is 1. The molecule has 0 radical (unpaired) electrons. The van der Waals surface area contributed by atoms with Crippen molar-refractivity contribution in [1.82, 2.24) is 18.8 Å². The maximum absolute atomic E-state index is 13.2. The van der Waals surface area contributed by atoms with Crippen molar-refractivity contribution in [1.29, 1.82) is 0 Å². The molecule has 2 aromatic carbocycles. The number of nitrogens with one attached hydrogen (secondary N) is 1. The molecule has 6 aromatic rings. The maximum atomic E-state index is 13.2. The van der Waals surface area contributed by atoms with E-state index in [0.717, 1.165) is 33.2 Å². The number of aromatic nitrogens is 4. The number of carbonyl (C=O) groups is 1. The van der Waals surface area contributed by atoms with Crippen LogP contribution in [0, 0.1) is 12.7 Å². The van der Waals surface area contributed by atoms with Crippen LogP contribution in [-0.2, 0) is 0 Å². The highest BCUT2D eigenvalue weighted by molar-refractivity contribution is 7.19. The molecule has 0 aliphatic carbocycles. The molecule has 0 saturated heterocycles. The van der Waals surface area contributed by atoms with Gasteiger partial charge in [0, 0.05) is 40.8 Å². The Balaban J connectivity index is 1.31. The van der Waals surface area contributed by atoms with Crippen molar-refractivity contribution in [3.63, 3.8) is 0 Å². The summed E-state index contributed by atoms with van der Waals surface area (Å²) in [5.74, 6) is -0.481. The van der Waals surface area contributed by atoms with E-state index in [9.17, 15) is 9.18 Å². The normalized spacial score (nSPS) is 11.5. The summed E-state index contributed by atoms with van der Waals surface area (Å²) in [7, 11) is 0. The second-order valence-electron chi connectivity index (χ2n) is 7.52. The molecule has 6 nitrogen and oxygen atoms in total. The van der Waals surface area contributed by atoms with E-state index in [2.05, 4.69) is 15.3 Å². The zero-order valence-corrected chi connectivity index (χ0v) is 19.0. The first-order valence-corrected chi connectivity index (χ1v) is 11.8. The number of hydrogen-bond acceptors (Lipinski definition) is 5. The monoisotopic (exact) mass is 473 g/mol. The molecule has 1 amide bonds. The van der Waals surface area contributed by atoms with Gasteiger partial charge < -0.3 is 5.32 Å². The molecule has 0 unspecified atom stereocenters. The van der Waals surface area contributed by atoms with Crippen molar-refractivity contribution in [2.75, 3.05) is 5.32 Å². The first-order chi connectivity index (χ1) is 16.1. The van der Waals surface area contributed by atoms with Crippen LogP contribution in [0.5, 0.6) is 0 Å². The minimum atomic E-state index is -0.287. The number of nitrogens with zero attached hydrogens (tertiary/aromatic N) is 4. The molecule has 4 aromatic heterocycles. The summed E-state index contributed by atoms with van der Waals surface area (Å²) in [6, 6.07) is 13.9. The SMILES string of the molecule is Cc1c(C(=O)Nc2ccccc2-c2cn3ccsc3n2)sc2nc(-c3ccc(F)cc3)cn12. The van der Waals surface area contributed by atoms with Crippen LogP contribution in [-0.4, -0.2) is 24.7 Å². The number of hydrogen-bond donors (Lipinski definition) is 1. The minimum Gasteiger partial charge on any atom is -0.321 e. The topological polar surface area (TPSA) is 63.7 Å². The van der Waals surface area contributed by atoms with E-state index in [1.54, 1.807) is 23.5 Å². The van der Waals surface area contributed by atoms with Crippen LogP contribution in [0.25, 0.3) is 32.4 Å². The molecular formula is C24H16FN5OS2. The van der Waals surface area contributed by atoms with Crippen LogP contribution in [0.1, 0.15) is 15.4 Å². The molecule has 4 heterocycles. The van der Waals surface area contributed by atoms with Gasteiger partial charge in [-0.25, -0.2) is 14.4 Å². The van der Waals surface area contributed by atoms with E-state index in [-0.39, 0.29) is 11.7 Å². The highest BCUT2D eigenvalue weighted by atomic mass is 32.1. The molecule has 0 aliphatic heterocycles. The number of halogens is 1. The Hall–Kier alpha value is -3.82. The second kappa shape index (κ2) is 7.65. The quantitative estimate of drug-likeness (QED) is 0.335. The summed E-state index contributed by atoms with van der Waals surface area (Å²) < 4.78 is 17.1. The number of thiazole rings is 2. The van der Waals surface area contributed by atoms with Gasteiger partial charge in [0.25, 0.3) is 5.91 Å². The Morgan fingerprint density at radius 1 is 1.00 bits per heavy atom. The molecule has 0 bridgehead atoms. The summed E-state index contributed by atoms with van der Waals surface area (Å²) in [4.78, 5) is 24.7. The lowest BCUT2D eigenvalue weighted by molar-refractivity contribution is 0.102. The number of amides is 1. The molecular weight excluding hydrogens is 457 g/mol. The summed E-state index contributed by atoms with van der Waals surface area (Å²) >= 11 is 2.89. The van der Waals surface area contributed by atoms with Crippen LogP contribution in [0.3, 0.4) is 0 Å². The standard InChI is InChI=1S/C24H16FN5OS2/c1-14-21(33-24-27-19(13-30(14)24)15-6-8-16(25)9-7-15)22(31)26-18-5-3-2-4-17(18)20-12-29-10-11-32-23(29)28-20/h2-13H,1H3,(H,26,31). The summed E-state index contributed by atoms with van der Waals surface area (Å²) in [6.07, 6.45) is 5.79. The fraction of sp³-hybridized carbons (Fsp3) is 0.0417. The van der Waals surface area contributed by atoms with Crippen molar-refractivity contribution in [2.45, 2.75) is 6.92 Å². The van der Waals surface area contributed by atoms with Gasteiger partial charge in [-0.2, -0.15) is 0 Å². The van der Waals surface area contributed by atoms with Crippen molar-refractivity contribution in [3.8, 4) is 22.5 Å². The van der Waals surface area contributed by atoms with E-state index < -0.39 is 0 Å². The van der Waals surface area contributed by atoms with E-state index >= 15 is 0 Å². The van der Waals surface area contributed by atoms with Crippen LogP contribution in [0.15, 0.2) is 72.5 Å². The Morgan fingerprint density at radius 2 is 1.79 bits per heavy atom. The number of anilines is 1. The van der Waals surface area contributed by atoms with E-state index in [1.807, 2.05) is 64.0 Å². The van der Waals surface area contributed by atoms with Gasteiger partial charge in [0.2, 0.25) is 0 Å². The first kappa shape index (κ1) is 19.8. The molecule has 162 valence electrons. The Labute approximate surface area is 195 Å². The van der Waals surface area contributed by atoms with Crippen LogP contribution < -0.4 is 5.32 Å². The number of imidazole rings is 2. The minimum absolute atomic E-state index is 0.195. The van der Waals surface area contributed by atoms with Crippen LogP contribution in [0.2, 0.25) is 0 Å². The van der Waals surface area contributed by atoms with Gasteiger partial charge in [-0.1, -0.05) is 29.5 Å². The smallest absolute Gasteiger partial charge is 0.267 e. The third-order valence-corrected chi connectivity index (χ3v) is 7.37. The fourth-order valence-electron chi connectivity index (χ4n) is 3.77. The molecule has 0 atom stereocenters. The van der Waals surface area contributed by atoms with Crippen molar-refractivity contribution in [3.05, 3.63) is 88.9 Å². The first-order valence-electron chi connectivity index (χ1n) is 10.1. The molecule has 0 saturated carbocycles. The highest BCUT2D eigenvalue weighted by Crippen LogP contribution is 2.31. The predicted octanol–water partition coefficient (Wildman–Crippen LogP) is 6.14. The largest absolute Gasteiger partial charge is 0.321 e. The molecule has 1 N–H and O–H groups in total. The lowest BCUT2D eigenvalue weighted by Crippen LogP contribution is -2.12. The van der Waals surface area contributed by atoms with Crippen molar-refractivity contribution in [2.24, 2.45) is 0 Å². The summed E-state index contributed by atoms with van der Waals surface area (Å²) in [5.41, 5.74) is 4.73. The fourth-order valence-corrected chi connectivity index (χ4v) is 5.48. The summed E-state index contributed by atoms with van der Waals surface area (Å²) in [5, 5.41) is 5.03. The third-order valence-electron chi connectivity index (χ3n) is 5.45. The average Bonchev–Trinajstić information content (AvgIpc) is 3.56. The molecule has 0 aliphatic rings. The van der Waals surface area contributed by atoms with E-state index in [0.29, 0.717) is 15.5 Å². The molecule has 0 fully saturated rings. The number of fused-ring (bicyclic) bond motifs is 2. The van der Waals surface area contributed by atoms with Crippen LogP contribution >= 0.6 is 22.7 Å². The lowest BCUT2D eigenvalue weighted by atomic mass is 10.1. The highest BCUT2D eigenvalue weighted by Gasteiger charge is 2.20. The number of para-hydroxylation sites is 1. The Morgan fingerprint density at radius 3 is 2.58 bits per heavy atom. The van der Waals surface area contributed by atoms with Gasteiger partial charge >= 0.3 is 0 Å². The molecule has 33 heavy (non-hydrogen) atoms. The molecule has 6 rings (SSSR count). The zero-order valence-electron chi connectivity index (χ0n) is 17.3. The van der Waals surface area contributed by atoms with Gasteiger partial charge in [0.05, 0.1) is 17.1 Å². The Bertz CT molecular complexity index is 1610. The Kier molecular flexibility index (Phi) is 4.60. The molecule has 9 heteroatoms. The third kappa shape index (κ3) is 3.42. The van der Waals surface area contributed by atoms with E-state index in [1.165, 1.54) is 23.5 Å². The van der Waals surface area contributed by atoms with Gasteiger partial charge in [-0.3, -0.25) is 13.6 Å². The maximum Gasteiger partial charge on any atom is 0.267 e. The lowest BCUT2D eigenvalue weighted by Gasteiger charge is -2.09. The van der Waals surface area contributed by atoms with Gasteiger partial charge in [-0.05, 0) is 37.3 Å². The number of aryl methyl sites for hydroxylation is 1.